The Hall–Kier alpha value is -1.13. The maximum absolute atomic E-state index is 5.03. The first-order chi connectivity index (χ1) is 7.33. The maximum Gasteiger partial charge on any atom is 0.0613 e. The van der Waals surface area contributed by atoms with Crippen molar-refractivity contribution in [2.75, 3.05) is 32.1 Å². The topological polar surface area (TPSA) is 46.2 Å². The number of aromatic nitrogens is 1. The summed E-state index contributed by atoms with van der Waals surface area (Å²) in [4.78, 5) is 4.03. The van der Waals surface area contributed by atoms with Gasteiger partial charge in [0, 0.05) is 38.6 Å². The van der Waals surface area contributed by atoms with Gasteiger partial charge in [0.2, 0.25) is 0 Å². The summed E-state index contributed by atoms with van der Waals surface area (Å²) in [6.45, 7) is 4.65. The Morgan fingerprint density at radius 3 is 3.00 bits per heavy atom. The summed E-state index contributed by atoms with van der Waals surface area (Å²) in [7, 11) is 1.71. The summed E-state index contributed by atoms with van der Waals surface area (Å²) < 4.78 is 5.03. The van der Waals surface area contributed by atoms with Gasteiger partial charge < -0.3 is 15.4 Å². The van der Waals surface area contributed by atoms with Gasteiger partial charge in [0.1, 0.15) is 0 Å². The van der Waals surface area contributed by atoms with Crippen molar-refractivity contribution in [2.24, 2.45) is 0 Å². The number of hydrogen-bond donors (Lipinski definition) is 2. The molecule has 4 nitrogen and oxygen atoms in total. The van der Waals surface area contributed by atoms with E-state index < -0.39 is 0 Å². The minimum absolute atomic E-state index is 0.394. The molecule has 84 valence electrons. The Bertz CT molecular complexity index is 253. The van der Waals surface area contributed by atoms with Crippen LogP contribution in [0.4, 0.5) is 5.69 Å². The largest absolute Gasteiger partial charge is 0.383 e. The molecule has 15 heavy (non-hydrogen) atoms. The second kappa shape index (κ2) is 7.20. The molecule has 0 aliphatic carbocycles. The van der Waals surface area contributed by atoms with Crippen LogP contribution in [0.3, 0.4) is 0 Å². The predicted molar refractivity (Wildman–Crippen MR) is 62.1 cm³/mol. The smallest absolute Gasteiger partial charge is 0.0613 e. The molecule has 1 atom stereocenters. The van der Waals surface area contributed by atoms with E-state index in [0.29, 0.717) is 6.04 Å². The third-order valence-electron chi connectivity index (χ3n) is 2.03. The molecule has 1 aromatic rings. The van der Waals surface area contributed by atoms with Crippen molar-refractivity contribution < 1.29 is 4.74 Å². The number of ether oxygens (including phenoxy) is 1. The lowest BCUT2D eigenvalue weighted by Crippen LogP contribution is -2.33. The van der Waals surface area contributed by atoms with E-state index in [4.69, 9.17) is 4.74 Å². The molecule has 2 N–H and O–H groups in total. The Morgan fingerprint density at radius 1 is 1.47 bits per heavy atom. The van der Waals surface area contributed by atoms with Gasteiger partial charge in [-0.05, 0) is 19.1 Å². The Balaban J connectivity index is 2.07. The van der Waals surface area contributed by atoms with Crippen molar-refractivity contribution in [1.82, 2.24) is 10.3 Å². The van der Waals surface area contributed by atoms with E-state index in [1.807, 2.05) is 18.3 Å². The average Bonchev–Trinajstić information content (AvgIpc) is 2.26. The molecule has 0 saturated carbocycles. The minimum atomic E-state index is 0.394. The summed E-state index contributed by atoms with van der Waals surface area (Å²) in [5.74, 6) is 0. The van der Waals surface area contributed by atoms with E-state index in [9.17, 15) is 0 Å². The molecular formula is C11H19N3O. The summed E-state index contributed by atoms with van der Waals surface area (Å²) >= 11 is 0. The van der Waals surface area contributed by atoms with E-state index in [1.54, 1.807) is 13.3 Å². The van der Waals surface area contributed by atoms with Crippen LogP contribution in [0.2, 0.25) is 0 Å². The first kappa shape index (κ1) is 11.9. The fraction of sp³-hybridized carbons (Fsp3) is 0.545. The molecule has 0 bridgehead atoms. The van der Waals surface area contributed by atoms with Gasteiger partial charge in [-0.3, -0.25) is 4.98 Å². The van der Waals surface area contributed by atoms with Gasteiger partial charge in [-0.2, -0.15) is 0 Å². The molecule has 0 aromatic carbocycles. The van der Waals surface area contributed by atoms with E-state index in [-0.39, 0.29) is 0 Å². The van der Waals surface area contributed by atoms with Gasteiger partial charge >= 0.3 is 0 Å². The van der Waals surface area contributed by atoms with Crippen LogP contribution in [0.5, 0.6) is 0 Å². The predicted octanol–water partition coefficient (Wildman–Crippen LogP) is 1.12. The van der Waals surface area contributed by atoms with Gasteiger partial charge in [0.15, 0.2) is 0 Å². The molecule has 0 radical (unpaired) electrons. The monoisotopic (exact) mass is 209 g/mol. The number of nitrogens with one attached hydrogen (secondary N) is 2. The Labute approximate surface area is 91.1 Å². The van der Waals surface area contributed by atoms with Crippen molar-refractivity contribution in [3.05, 3.63) is 24.5 Å². The second-order valence-electron chi connectivity index (χ2n) is 3.48. The highest BCUT2D eigenvalue weighted by molar-refractivity contribution is 5.39. The van der Waals surface area contributed by atoms with Gasteiger partial charge in [-0.1, -0.05) is 0 Å². The molecule has 0 amide bonds. The molecule has 1 aromatic heterocycles. The summed E-state index contributed by atoms with van der Waals surface area (Å²) in [6, 6.07) is 4.32. The van der Waals surface area contributed by atoms with Gasteiger partial charge in [-0.25, -0.2) is 0 Å². The fourth-order valence-corrected chi connectivity index (χ4v) is 1.30. The van der Waals surface area contributed by atoms with E-state index >= 15 is 0 Å². The van der Waals surface area contributed by atoms with Crippen LogP contribution in [0.15, 0.2) is 24.5 Å². The first-order valence-corrected chi connectivity index (χ1v) is 5.19. The molecular weight excluding hydrogens is 190 g/mol. The minimum Gasteiger partial charge on any atom is -0.383 e. The van der Waals surface area contributed by atoms with Crippen molar-refractivity contribution in [3.8, 4) is 0 Å². The van der Waals surface area contributed by atoms with Crippen LogP contribution < -0.4 is 10.6 Å². The van der Waals surface area contributed by atoms with Crippen molar-refractivity contribution in [2.45, 2.75) is 13.0 Å². The third-order valence-corrected chi connectivity index (χ3v) is 2.03. The molecule has 0 fully saturated rings. The summed E-state index contributed by atoms with van der Waals surface area (Å²) in [6.07, 6.45) is 3.59. The summed E-state index contributed by atoms with van der Waals surface area (Å²) in [5.41, 5.74) is 1.05. The first-order valence-electron chi connectivity index (χ1n) is 5.19. The van der Waals surface area contributed by atoms with Crippen LogP contribution in [-0.2, 0) is 4.74 Å². The highest BCUT2D eigenvalue weighted by Gasteiger charge is 1.98. The van der Waals surface area contributed by atoms with E-state index in [0.717, 1.165) is 25.4 Å². The van der Waals surface area contributed by atoms with E-state index in [1.165, 1.54) is 0 Å². The zero-order valence-electron chi connectivity index (χ0n) is 9.36. The number of rotatable bonds is 7. The van der Waals surface area contributed by atoms with Crippen LogP contribution in [-0.4, -0.2) is 37.8 Å². The molecule has 1 unspecified atom stereocenters. The normalized spacial score (nSPS) is 12.4. The van der Waals surface area contributed by atoms with Gasteiger partial charge in [0.25, 0.3) is 0 Å². The average molecular weight is 209 g/mol. The molecule has 1 heterocycles. The van der Waals surface area contributed by atoms with Crippen LogP contribution in [0.25, 0.3) is 0 Å². The molecule has 0 aliphatic heterocycles. The highest BCUT2D eigenvalue weighted by Crippen LogP contribution is 2.00. The number of hydrogen-bond acceptors (Lipinski definition) is 4. The van der Waals surface area contributed by atoms with Crippen molar-refractivity contribution >= 4 is 5.69 Å². The van der Waals surface area contributed by atoms with Crippen LogP contribution >= 0.6 is 0 Å². The lowest BCUT2D eigenvalue weighted by Gasteiger charge is -2.13. The number of methoxy groups -OCH3 is 1. The highest BCUT2D eigenvalue weighted by atomic mass is 16.5. The second-order valence-corrected chi connectivity index (χ2v) is 3.48. The zero-order chi connectivity index (χ0) is 10.9. The Kier molecular flexibility index (Phi) is 5.73. The molecule has 0 saturated heterocycles. The third kappa shape index (κ3) is 5.34. The maximum atomic E-state index is 5.03. The lowest BCUT2D eigenvalue weighted by atomic mass is 10.3. The van der Waals surface area contributed by atoms with Crippen LogP contribution in [0, 0.1) is 0 Å². The standard InChI is InChI=1S/C11H19N3O/c1-10(9-15-2)13-6-7-14-11-4-3-5-12-8-11/h3-5,8,10,13-14H,6-7,9H2,1-2H3. The molecule has 1 rings (SSSR count). The number of nitrogens with zero attached hydrogens (tertiary/aromatic N) is 1. The fourth-order valence-electron chi connectivity index (χ4n) is 1.30. The number of pyridine rings is 1. The number of anilines is 1. The van der Waals surface area contributed by atoms with E-state index in [2.05, 4.69) is 22.5 Å². The molecule has 4 heteroatoms. The zero-order valence-corrected chi connectivity index (χ0v) is 9.36. The lowest BCUT2D eigenvalue weighted by molar-refractivity contribution is 0.173. The molecule has 0 spiro atoms. The SMILES string of the molecule is COCC(C)NCCNc1cccnc1. The van der Waals surface area contributed by atoms with Gasteiger partial charge in [0.05, 0.1) is 12.3 Å². The van der Waals surface area contributed by atoms with Gasteiger partial charge in [-0.15, -0.1) is 0 Å². The Morgan fingerprint density at radius 2 is 2.33 bits per heavy atom. The van der Waals surface area contributed by atoms with Crippen molar-refractivity contribution in [3.63, 3.8) is 0 Å². The summed E-state index contributed by atoms with van der Waals surface area (Å²) in [5, 5.41) is 6.62. The molecule has 0 aliphatic rings. The quantitative estimate of drug-likeness (QED) is 0.661. The van der Waals surface area contributed by atoms with Crippen LogP contribution in [0.1, 0.15) is 6.92 Å². The van der Waals surface area contributed by atoms with Crippen molar-refractivity contribution in [1.29, 1.82) is 0 Å².